The number of carbonyl (C=O) groups excluding carboxylic acids is 1. The molecule has 2 amide bonds. The first kappa shape index (κ1) is 16.2. The van der Waals surface area contributed by atoms with Crippen LogP contribution in [0, 0.1) is 0 Å². The summed E-state index contributed by atoms with van der Waals surface area (Å²) in [5.74, 6) is 0.822. The molecule has 0 aliphatic carbocycles. The highest BCUT2D eigenvalue weighted by molar-refractivity contribution is 6.30. The van der Waals surface area contributed by atoms with E-state index in [2.05, 4.69) is 10.6 Å². The molecule has 2 rings (SSSR count). The normalized spacial score (nSPS) is 10.1. The smallest absolute Gasteiger partial charge is 0.315 e. The fourth-order valence-electron chi connectivity index (χ4n) is 2.04. The van der Waals surface area contributed by atoms with Crippen LogP contribution in [-0.4, -0.2) is 19.7 Å². The van der Waals surface area contributed by atoms with Crippen LogP contribution in [0.15, 0.2) is 48.5 Å². The van der Waals surface area contributed by atoms with E-state index in [0.717, 1.165) is 23.3 Å². The Labute approximate surface area is 135 Å². The maximum absolute atomic E-state index is 11.7. The van der Waals surface area contributed by atoms with Crippen LogP contribution in [0.1, 0.15) is 11.1 Å². The standard InChI is InChI=1S/C17H19ClN2O2/c1-22-16-7-3-4-13(11-16)8-9-19-17(21)20-12-14-5-2-6-15(18)10-14/h2-7,10-11H,8-9,12H2,1H3,(H2,19,20,21). The summed E-state index contributed by atoms with van der Waals surface area (Å²) >= 11 is 5.90. The molecule has 0 saturated carbocycles. The summed E-state index contributed by atoms with van der Waals surface area (Å²) in [5.41, 5.74) is 2.09. The maximum atomic E-state index is 11.7. The Kier molecular flexibility index (Phi) is 6.10. The van der Waals surface area contributed by atoms with Crippen molar-refractivity contribution in [3.63, 3.8) is 0 Å². The van der Waals surface area contributed by atoms with Crippen LogP contribution in [0.4, 0.5) is 4.79 Å². The molecular weight excluding hydrogens is 300 g/mol. The van der Waals surface area contributed by atoms with Crippen LogP contribution in [0.2, 0.25) is 5.02 Å². The van der Waals surface area contributed by atoms with Gasteiger partial charge in [-0.25, -0.2) is 4.79 Å². The fourth-order valence-corrected chi connectivity index (χ4v) is 2.25. The van der Waals surface area contributed by atoms with E-state index in [9.17, 15) is 4.79 Å². The van der Waals surface area contributed by atoms with E-state index in [1.807, 2.05) is 42.5 Å². The Hall–Kier alpha value is -2.20. The van der Waals surface area contributed by atoms with E-state index >= 15 is 0 Å². The maximum Gasteiger partial charge on any atom is 0.315 e. The van der Waals surface area contributed by atoms with E-state index in [1.165, 1.54) is 0 Å². The minimum atomic E-state index is -0.192. The third-order valence-electron chi connectivity index (χ3n) is 3.18. The van der Waals surface area contributed by atoms with Gasteiger partial charge < -0.3 is 15.4 Å². The number of urea groups is 1. The van der Waals surface area contributed by atoms with Crippen molar-refractivity contribution in [2.75, 3.05) is 13.7 Å². The zero-order valence-corrected chi connectivity index (χ0v) is 13.2. The second-order valence-corrected chi connectivity index (χ2v) is 5.28. The molecule has 0 aliphatic rings. The predicted molar refractivity (Wildman–Crippen MR) is 88.4 cm³/mol. The molecule has 116 valence electrons. The molecule has 2 aromatic carbocycles. The summed E-state index contributed by atoms with van der Waals surface area (Å²) < 4.78 is 5.17. The van der Waals surface area contributed by atoms with E-state index in [-0.39, 0.29) is 6.03 Å². The van der Waals surface area contributed by atoms with Crippen molar-refractivity contribution < 1.29 is 9.53 Å². The number of rotatable bonds is 6. The van der Waals surface area contributed by atoms with Crippen LogP contribution in [-0.2, 0) is 13.0 Å². The summed E-state index contributed by atoms with van der Waals surface area (Å²) in [7, 11) is 1.64. The van der Waals surface area contributed by atoms with Crippen LogP contribution >= 0.6 is 11.6 Å². The monoisotopic (exact) mass is 318 g/mol. The van der Waals surface area contributed by atoms with Gasteiger partial charge in [-0.1, -0.05) is 35.9 Å². The van der Waals surface area contributed by atoms with E-state index in [4.69, 9.17) is 16.3 Å². The summed E-state index contributed by atoms with van der Waals surface area (Å²) in [5, 5.41) is 6.30. The summed E-state index contributed by atoms with van der Waals surface area (Å²) in [6.07, 6.45) is 0.752. The van der Waals surface area contributed by atoms with Gasteiger partial charge in [0, 0.05) is 18.1 Å². The first-order chi connectivity index (χ1) is 10.7. The molecule has 0 bridgehead atoms. The lowest BCUT2D eigenvalue weighted by atomic mass is 10.1. The molecule has 0 atom stereocenters. The number of hydrogen-bond donors (Lipinski definition) is 2. The average molecular weight is 319 g/mol. The Morgan fingerprint density at radius 1 is 1.09 bits per heavy atom. The predicted octanol–water partition coefficient (Wildman–Crippen LogP) is 3.39. The van der Waals surface area contributed by atoms with Crippen molar-refractivity contribution in [2.24, 2.45) is 0 Å². The Morgan fingerprint density at radius 2 is 1.86 bits per heavy atom. The van der Waals surface area contributed by atoms with Gasteiger partial charge in [0.25, 0.3) is 0 Å². The lowest BCUT2D eigenvalue weighted by Crippen LogP contribution is -2.36. The fraction of sp³-hybridized carbons (Fsp3) is 0.235. The first-order valence-electron chi connectivity index (χ1n) is 7.06. The summed E-state index contributed by atoms with van der Waals surface area (Å²) in [6.45, 7) is 1.01. The molecule has 2 aromatic rings. The van der Waals surface area contributed by atoms with Gasteiger partial charge in [0.2, 0.25) is 0 Å². The molecule has 0 heterocycles. The van der Waals surface area contributed by atoms with Crippen molar-refractivity contribution in [2.45, 2.75) is 13.0 Å². The Bertz CT molecular complexity index is 632. The molecule has 5 heteroatoms. The molecule has 0 fully saturated rings. The van der Waals surface area contributed by atoms with Crippen LogP contribution in [0.25, 0.3) is 0 Å². The average Bonchev–Trinajstić information content (AvgIpc) is 2.53. The van der Waals surface area contributed by atoms with Crippen molar-refractivity contribution in [3.8, 4) is 5.75 Å². The number of halogens is 1. The Morgan fingerprint density at radius 3 is 2.64 bits per heavy atom. The van der Waals surface area contributed by atoms with Crippen molar-refractivity contribution >= 4 is 17.6 Å². The van der Waals surface area contributed by atoms with Crippen LogP contribution in [0.5, 0.6) is 5.75 Å². The topological polar surface area (TPSA) is 50.4 Å². The molecule has 0 unspecified atom stereocenters. The highest BCUT2D eigenvalue weighted by Gasteiger charge is 2.01. The van der Waals surface area contributed by atoms with Crippen LogP contribution in [0.3, 0.4) is 0 Å². The zero-order chi connectivity index (χ0) is 15.8. The number of benzene rings is 2. The largest absolute Gasteiger partial charge is 0.497 e. The molecule has 0 saturated heterocycles. The molecule has 4 nitrogen and oxygen atoms in total. The van der Waals surface area contributed by atoms with Gasteiger partial charge in [-0.3, -0.25) is 0 Å². The lowest BCUT2D eigenvalue weighted by Gasteiger charge is -2.08. The molecule has 0 aromatic heterocycles. The van der Waals surface area contributed by atoms with Crippen molar-refractivity contribution in [1.29, 1.82) is 0 Å². The van der Waals surface area contributed by atoms with E-state index in [1.54, 1.807) is 13.2 Å². The minimum absolute atomic E-state index is 0.192. The Balaban J connectivity index is 1.71. The third kappa shape index (κ3) is 5.30. The van der Waals surface area contributed by atoms with E-state index in [0.29, 0.717) is 18.1 Å². The quantitative estimate of drug-likeness (QED) is 0.857. The number of amides is 2. The van der Waals surface area contributed by atoms with Gasteiger partial charge in [0.15, 0.2) is 0 Å². The molecule has 0 aliphatic heterocycles. The van der Waals surface area contributed by atoms with Gasteiger partial charge in [0.05, 0.1) is 7.11 Å². The van der Waals surface area contributed by atoms with Gasteiger partial charge >= 0.3 is 6.03 Å². The molecule has 0 radical (unpaired) electrons. The SMILES string of the molecule is COc1cccc(CCNC(=O)NCc2cccc(Cl)c2)c1. The summed E-state index contributed by atoms with van der Waals surface area (Å²) in [6, 6.07) is 15.0. The first-order valence-corrected chi connectivity index (χ1v) is 7.44. The molecule has 0 spiro atoms. The summed E-state index contributed by atoms with van der Waals surface area (Å²) in [4.78, 5) is 11.7. The number of hydrogen-bond acceptors (Lipinski definition) is 2. The van der Waals surface area contributed by atoms with Gasteiger partial charge in [-0.05, 0) is 41.8 Å². The number of ether oxygens (including phenoxy) is 1. The number of nitrogens with one attached hydrogen (secondary N) is 2. The van der Waals surface area contributed by atoms with Crippen molar-refractivity contribution in [3.05, 3.63) is 64.7 Å². The van der Waals surface area contributed by atoms with Crippen molar-refractivity contribution in [1.82, 2.24) is 10.6 Å². The number of carbonyl (C=O) groups is 1. The highest BCUT2D eigenvalue weighted by Crippen LogP contribution is 2.12. The highest BCUT2D eigenvalue weighted by atomic mass is 35.5. The molecule has 2 N–H and O–H groups in total. The second-order valence-electron chi connectivity index (χ2n) is 4.84. The minimum Gasteiger partial charge on any atom is -0.497 e. The second kappa shape index (κ2) is 8.29. The van der Waals surface area contributed by atoms with Gasteiger partial charge in [-0.2, -0.15) is 0 Å². The third-order valence-corrected chi connectivity index (χ3v) is 3.41. The van der Waals surface area contributed by atoms with Gasteiger partial charge in [-0.15, -0.1) is 0 Å². The van der Waals surface area contributed by atoms with E-state index < -0.39 is 0 Å². The zero-order valence-electron chi connectivity index (χ0n) is 12.4. The van der Waals surface area contributed by atoms with Gasteiger partial charge in [0.1, 0.15) is 5.75 Å². The number of methoxy groups -OCH3 is 1. The van der Waals surface area contributed by atoms with Crippen LogP contribution < -0.4 is 15.4 Å². The molecular formula is C17H19ClN2O2. The lowest BCUT2D eigenvalue weighted by molar-refractivity contribution is 0.240. The molecule has 22 heavy (non-hydrogen) atoms.